The molecule has 2 rings (SSSR count). The predicted octanol–water partition coefficient (Wildman–Crippen LogP) is 1.32. The average Bonchev–Trinajstić information content (AvgIpc) is 2.50. The van der Waals surface area contributed by atoms with Crippen LogP contribution in [-0.2, 0) is 22.6 Å². The van der Waals surface area contributed by atoms with Crippen molar-refractivity contribution in [3.8, 4) is 0 Å². The Morgan fingerprint density at radius 1 is 1.38 bits per heavy atom. The zero-order chi connectivity index (χ0) is 15.2. The zero-order valence-electron chi connectivity index (χ0n) is 12.3. The molecule has 1 aliphatic rings. The van der Waals surface area contributed by atoms with Crippen LogP contribution in [0.25, 0.3) is 0 Å². The van der Waals surface area contributed by atoms with Gasteiger partial charge in [-0.3, -0.25) is 9.59 Å². The molecule has 21 heavy (non-hydrogen) atoms. The van der Waals surface area contributed by atoms with Gasteiger partial charge in [0.25, 0.3) is 0 Å². The molecule has 0 bridgehead atoms. The van der Waals surface area contributed by atoms with Crippen LogP contribution in [0.3, 0.4) is 0 Å². The minimum absolute atomic E-state index is 0.119. The smallest absolute Gasteiger partial charge is 0.308 e. The Kier molecular flexibility index (Phi) is 5.33. The molecule has 0 aromatic heterocycles. The largest absolute Gasteiger partial charge is 0.481 e. The van der Waals surface area contributed by atoms with E-state index in [1.54, 1.807) is 0 Å². The van der Waals surface area contributed by atoms with Crippen LogP contribution in [0.15, 0.2) is 24.3 Å². The first-order valence-electron chi connectivity index (χ1n) is 7.42. The molecule has 0 aliphatic carbocycles. The minimum Gasteiger partial charge on any atom is -0.481 e. The van der Waals surface area contributed by atoms with Crippen LogP contribution < -0.4 is 10.6 Å². The average molecular weight is 290 g/mol. The van der Waals surface area contributed by atoms with Crippen molar-refractivity contribution in [3.05, 3.63) is 35.4 Å². The molecule has 1 aliphatic heterocycles. The number of rotatable bonds is 6. The molecule has 1 unspecified atom stereocenters. The molecule has 5 heteroatoms. The lowest BCUT2D eigenvalue weighted by molar-refractivity contribution is -0.142. The summed E-state index contributed by atoms with van der Waals surface area (Å²) in [6.07, 6.45) is 2.02. The van der Waals surface area contributed by atoms with E-state index >= 15 is 0 Å². The van der Waals surface area contributed by atoms with Crippen molar-refractivity contribution in [1.82, 2.24) is 10.6 Å². The van der Waals surface area contributed by atoms with Crippen LogP contribution in [-0.4, -0.2) is 29.6 Å². The van der Waals surface area contributed by atoms with Crippen molar-refractivity contribution in [1.29, 1.82) is 0 Å². The van der Waals surface area contributed by atoms with Gasteiger partial charge in [0.1, 0.15) is 0 Å². The fraction of sp³-hybridized carbons (Fsp3) is 0.500. The van der Waals surface area contributed by atoms with Gasteiger partial charge in [-0.2, -0.15) is 0 Å². The fourth-order valence-electron chi connectivity index (χ4n) is 2.65. The topological polar surface area (TPSA) is 78.4 Å². The van der Waals surface area contributed by atoms with E-state index in [1.807, 2.05) is 25.1 Å². The molecule has 114 valence electrons. The molecule has 1 amide bonds. The van der Waals surface area contributed by atoms with E-state index in [9.17, 15) is 9.59 Å². The molecule has 5 nitrogen and oxygen atoms in total. The first-order valence-corrected chi connectivity index (χ1v) is 7.42. The van der Waals surface area contributed by atoms with Crippen molar-refractivity contribution >= 4 is 11.9 Å². The second-order valence-electron chi connectivity index (χ2n) is 5.48. The summed E-state index contributed by atoms with van der Waals surface area (Å²) in [5, 5.41) is 15.1. The summed E-state index contributed by atoms with van der Waals surface area (Å²) in [6, 6.07) is 7.77. The van der Waals surface area contributed by atoms with E-state index in [-0.39, 0.29) is 18.5 Å². The Labute approximate surface area is 124 Å². The third-order valence-corrected chi connectivity index (χ3v) is 3.91. The van der Waals surface area contributed by atoms with Crippen molar-refractivity contribution in [2.75, 3.05) is 6.54 Å². The SMILES string of the molecule is CCCC(CNC(=O)[C@H]1Cc2ccccc2CN1)C(=O)O. The lowest BCUT2D eigenvalue weighted by atomic mass is 9.95. The number of amides is 1. The molecule has 1 aromatic rings. The molecule has 1 heterocycles. The highest BCUT2D eigenvalue weighted by Crippen LogP contribution is 2.16. The van der Waals surface area contributed by atoms with Crippen molar-refractivity contribution < 1.29 is 14.7 Å². The Hall–Kier alpha value is -1.88. The summed E-state index contributed by atoms with van der Waals surface area (Å²) in [6.45, 7) is 2.81. The number of benzene rings is 1. The summed E-state index contributed by atoms with van der Waals surface area (Å²) in [5.74, 6) is -1.47. The van der Waals surface area contributed by atoms with Gasteiger partial charge in [0.05, 0.1) is 12.0 Å². The van der Waals surface area contributed by atoms with Crippen LogP contribution in [0, 0.1) is 5.92 Å². The lowest BCUT2D eigenvalue weighted by Gasteiger charge is -2.25. The molecular weight excluding hydrogens is 268 g/mol. The van der Waals surface area contributed by atoms with Crippen LogP contribution in [0.1, 0.15) is 30.9 Å². The molecule has 0 fully saturated rings. The van der Waals surface area contributed by atoms with Gasteiger partial charge in [-0.15, -0.1) is 0 Å². The van der Waals surface area contributed by atoms with Gasteiger partial charge in [0, 0.05) is 13.1 Å². The Bertz CT molecular complexity index is 516. The predicted molar refractivity (Wildman–Crippen MR) is 79.8 cm³/mol. The van der Waals surface area contributed by atoms with Gasteiger partial charge in [-0.25, -0.2) is 0 Å². The number of aliphatic carboxylic acids is 1. The minimum atomic E-state index is -0.848. The maximum atomic E-state index is 12.2. The fourth-order valence-corrected chi connectivity index (χ4v) is 2.65. The number of carbonyl (C=O) groups excluding carboxylic acids is 1. The highest BCUT2D eigenvalue weighted by molar-refractivity contribution is 5.83. The number of hydrogen-bond donors (Lipinski definition) is 3. The number of hydrogen-bond acceptors (Lipinski definition) is 3. The summed E-state index contributed by atoms with van der Waals surface area (Å²) in [7, 11) is 0. The molecule has 2 atom stereocenters. The van der Waals surface area contributed by atoms with Crippen molar-refractivity contribution in [3.63, 3.8) is 0 Å². The van der Waals surface area contributed by atoms with Gasteiger partial charge in [0.15, 0.2) is 0 Å². The Morgan fingerprint density at radius 2 is 2.10 bits per heavy atom. The maximum Gasteiger partial charge on any atom is 0.308 e. The van der Waals surface area contributed by atoms with Gasteiger partial charge < -0.3 is 15.7 Å². The summed E-state index contributed by atoms with van der Waals surface area (Å²) in [5.41, 5.74) is 2.40. The van der Waals surface area contributed by atoms with Crippen molar-refractivity contribution in [2.45, 2.75) is 38.8 Å². The molecule has 1 aromatic carbocycles. The first-order chi connectivity index (χ1) is 10.1. The number of nitrogens with one attached hydrogen (secondary N) is 2. The molecule has 0 spiro atoms. The lowest BCUT2D eigenvalue weighted by Crippen LogP contribution is -2.49. The zero-order valence-corrected chi connectivity index (χ0v) is 12.3. The third-order valence-electron chi connectivity index (χ3n) is 3.91. The van der Waals surface area contributed by atoms with Gasteiger partial charge >= 0.3 is 5.97 Å². The number of carbonyl (C=O) groups is 2. The quantitative estimate of drug-likeness (QED) is 0.738. The van der Waals surface area contributed by atoms with Crippen LogP contribution >= 0.6 is 0 Å². The van der Waals surface area contributed by atoms with Crippen LogP contribution in [0.5, 0.6) is 0 Å². The van der Waals surface area contributed by atoms with E-state index in [4.69, 9.17) is 5.11 Å². The number of fused-ring (bicyclic) bond motifs is 1. The van der Waals surface area contributed by atoms with E-state index in [2.05, 4.69) is 16.7 Å². The molecule has 0 saturated heterocycles. The summed E-state index contributed by atoms with van der Waals surface area (Å²) < 4.78 is 0. The van der Waals surface area contributed by atoms with Gasteiger partial charge in [-0.1, -0.05) is 37.6 Å². The van der Waals surface area contributed by atoms with E-state index < -0.39 is 11.9 Å². The molecule has 3 N–H and O–H groups in total. The van der Waals surface area contributed by atoms with E-state index in [1.165, 1.54) is 11.1 Å². The molecule has 0 saturated carbocycles. The van der Waals surface area contributed by atoms with E-state index in [0.29, 0.717) is 19.4 Å². The maximum absolute atomic E-state index is 12.2. The normalized spacial score (nSPS) is 18.6. The summed E-state index contributed by atoms with van der Waals surface area (Å²) >= 11 is 0. The first kappa shape index (κ1) is 15.5. The second kappa shape index (κ2) is 7.22. The Morgan fingerprint density at radius 3 is 2.76 bits per heavy atom. The Balaban J connectivity index is 1.89. The second-order valence-corrected chi connectivity index (χ2v) is 5.48. The monoisotopic (exact) mass is 290 g/mol. The molecule has 0 radical (unpaired) electrons. The highest BCUT2D eigenvalue weighted by atomic mass is 16.4. The van der Waals surface area contributed by atoms with E-state index in [0.717, 1.165) is 6.42 Å². The van der Waals surface area contributed by atoms with Gasteiger partial charge in [-0.05, 0) is 24.0 Å². The number of carboxylic acids is 1. The standard InChI is InChI=1S/C16H22N2O3/c1-2-5-13(16(20)21)10-18-15(19)14-8-11-6-3-4-7-12(11)9-17-14/h3-4,6-7,13-14,17H,2,5,8-10H2,1H3,(H,18,19)(H,20,21)/t13?,14-/m1/s1. The molecular formula is C16H22N2O3. The van der Waals surface area contributed by atoms with Crippen LogP contribution in [0.4, 0.5) is 0 Å². The number of carboxylic acid groups (broad SMARTS) is 1. The van der Waals surface area contributed by atoms with Crippen molar-refractivity contribution in [2.24, 2.45) is 5.92 Å². The summed E-state index contributed by atoms with van der Waals surface area (Å²) in [4.78, 5) is 23.2. The third kappa shape index (κ3) is 4.04. The van der Waals surface area contributed by atoms with Crippen LogP contribution in [0.2, 0.25) is 0 Å². The van der Waals surface area contributed by atoms with Gasteiger partial charge in [0.2, 0.25) is 5.91 Å². The highest BCUT2D eigenvalue weighted by Gasteiger charge is 2.25.